The molecule has 0 radical (unpaired) electrons. The van der Waals surface area contributed by atoms with Gasteiger partial charge in [-0.15, -0.1) is 11.3 Å². The highest BCUT2D eigenvalue weighted by Gasteiger charge is 2.42. The summed E-state index contributed by atoms with van der Waals surface area (Å²) < 4.78 is 0. The van der Waals surface area contributed by atoms with Crippen LogP contribution >= 0.6 is 11.3 Å². The molecule has 1 fully saturated rings. The summed E-state index contributed by atoms with van der Waals surface area (Å²) in [6.07, 6.45) is 2.08. The molecule has 0 aromatic carbocycles. The maximum Gasteiger partial charge on any atom is 0.311 e. The van der Waals surface area contributed by atoms with Crippen molar-refractivity contribution in [2.75, 3.05) is 18.0 Å². The lowest BCUT2D eigenvalue weighted by atomic mass is 9.87. The van der Waals surface area contributed by atoms with Crippen LogP contribution in [0.1, 0.15) is 35.7 Å². The van der Waals surface area contributed by atoms with Crippen LogP contribution in [-0.2, 0) is 4.84 Å². The van der Waals surface area contributed by atoms with E-state index in [2.05, 4.69) is 27.0 Å². The van der Waals surface area contributed by atoms with Gasteiger partial charge < -0.3 is 9.74 Å². The number of aromatic nitrogens is 2. The van der Waals surface area contributed by atoms with Gasteiger partial charge in [-0.1, -0.05) is 5.16 Å². The van der Waals surface area contributed by atoms with E-state index in [-0.39, 0.29) is 16.2 Å². The van der Waals surface area contributed by atoms with Crippen LogP contribution in [0.4, 0.5) is 11.5 Å². The number of nitro groups is 1. The van der Waals surface area contributed by atoms with Gasteiger partial charge in [0.05, 0.1) is 9.93 Å². The Morgan fingerprint density at radius 2 is 2.04 bits per heavy atom. The Labute approximate surface area is 166 Å². The highest BCUT2D eigenvalue weighted by molar-refractivity contribution is 7.09. The van der Waals surface area contributed by atoms with Gasteiger partial charge in [-0.05, 0) is 31.8 Å². The predicted octanol–water partition coefficient (Wildman–Crippen LogP) is 3.23. The number of hydrogen-bond donors (Lipinski definition) is 0. The summed E-state index contributed by atoms with van der Waals surface area (Å²) in [5, 5.41) is 18.4. The van der Waals surface area contributed by atoms with E-state index in [9.17, 15) is 10.1 Å². The molecule has 0 bridgehead atoms. The molecule has 0 aliphatic carbocycles. The Balaban J connectivity index is 1.42. The Morgan fingerprint density at radius 3 is 2.71 bits per heavy atom. The largest absolute Gasteiger partial charge is 0.388 e. The third-order valence-electron chi connectivity index (χ3n) is 4.96. The van der Waals surface area contributed by atoms with Crippen molar-refractivity contribution in [2.24, 2.45) is 5.16 Å². The van der Waals surface area contributed by atoms with Crippen LogP contribution in [0.15, 0.2) is 22.7 Å². The molecule has 0 N–H and O–H groups in total. The lowest BCUT2D eigenvalue weighted by Gasteiger charge is -2.37. The summed E-state index contributed by atoms with van der Waals surface area (Å²) in [6, 6.07) is 3.18. The molecule has 2 aliphatic heterocycles. The zero-order valence-corrected chi connectivity index (χ0v) is 16.5. The highest BCUT2D eigenvalue weighted by Crippen LogP contribution is 2.37. The molecule has 0 atom stereocenters. The SMILES string of the molecule is Cc1ccc([N+](=O)[O-])c(N2CCC3(CC2)CC(C#Cc2csc(C)n2)=NO3)n1. The van der Waals surface area contributed by atoms with Crippen molar-refractivity contribution in [1.29, 1.82) is 0 Å². The molecule has 1 spiro atoms. The second-order valence-corrected chi connectivity index (χ2v) is 8.09. The van der Waals surface area contributed by atoms with Crippen molar-refractivity contribution in [3.05, 3.63) is 44.0 Å². The molecule has 0 saturated carbocycles. The summed E-state index contributed by atoms with van der Waals surface area (Å²) in [5.74, 6) is 6.52. The molecule has 144 valence electrons. The maximum atomic E-state index is 11.3. The van der Waals surface area contributed by atoms with E-state index in [1.54, 1.807) is 17.4 Å². The van der Waals surface area contributed by atoms with Gasteiger partial charge in [0.1, 0.15) is 17.0 Å². The van der Waals surface area contributed by atoms with Crippen molar-refractivity contribution in [2.45, 2.75) is 38.7 Å². The molecule has 4 heterocycles. The fraction of sp³-hybridized carbons (Fsp3) is 0.421. The normalized spacial score (nSPS) is 17.6. The van der Waals surface area contributed by atoms with Crippen LogP contribution in [-0.4, -0.2) is 39.3 Å². The number of oxime groups is 1. The Kier molecular flexibility index (Phi) is 4.73. The Bertz CT molecular complexity index is 1010. The minimum atomic E-state index is -0.380. The van der Waals surface area contributed by atoms with E-state index >= 15 is 0 Å². The van der Waals surface area contributed by atoms with Crippen molar-refractivity contribution < 1.29 is 9.76 Å². The maximum absolute atomic E-state index is 11.3. The van der Waals surface area contributed by atoms with Crippen LogP contribution in [0.25, 0.3) is 0 Å². The summed E-state index contributed by atoms with van der Waals surface area (Å²) in [7, 11) is 0. The van der Waals surface area contributed by atoms with Crippen molar-refractivity contribution in [3.8, 4) is 11.8 Å². The van der Waals surface area contributed by atoms with E-state index in [1.165, 1.54) is 6.07 Å². The van der Waals surface area contributed by atoms with Crippen molar-refractivity contribution >= 4 is 28.6 Å². The van der Waals surface area contributed by atoms with Crippen LogP contribution in [0.5, 0.6) is 0 Å². The minimum absolute atomic E-state index is 0.0373. The van der Waals surface area contributed by atoms with E-state index in [4.69, 9.17) is 4.84 Å². The summed E-state index contributed by atoms with van der Waals surface area (Å²) >= 11 is 1.57. The van der Waals surface area contributed by atoms with Crippen molar-refractivity contribution in [1.82, 2.24) is 9.97 Å². The van der Waals surface area contributed by atoms with Gasteiger partial charge in [0, 0.05) is 49.5 Å². The molecular weight excluding hydrogens is 378 g/mol. The van der Waals surface area contributed by atoms with Gasteiger partial charge in [-0.25, -0.2) is 9.97 Å². The first-order chi connectivity index (χ1) is 13.4. The number of pyridine rings is 1. The van der Waals surface area contributed by atoms with E-state index < -0.39 is 0 Å². The molecule has 1 saturated heterocycles. The van der Waals surface area contributed by atoms with Gasteiger partial charge in [0.15, 0.2) is 0 Å². The number of thiazole rings is 1. The van der Waals surface area contributed by atoms with Crippen LogP contribution in [0, 0.1) is 35.8 Å². The third kappa shape index (κ3) is 3.68. The van der Waals surface area contributed by atoms with Gasteiger partial charge in [-0.2, -0.15) is 0 Å². The van der Waals surface area contributed by atoms with Gasteiger partial charge >= 0.3 is 5.69 Å². The molecule has 28 heavy (non-hydrogen) atoms. The smallest absolute Gasteiger partial charge is 0.311 e. The number of aryl methyl sites for hydroxylation is 2. The average molecular weight is 397 g/mol. The molecule has 9 heteroatoms. The fourth-order valence-electron chi connectivity index (χ4n) is 3.45. The lowest BCUT2D eigenvalue weighted by molar-refractivity contribution is -0.384. The molecule has 2 aromatic heterocycles. The molecule has 8 nitrogen and oxygen atoms in total. The molecule has 0 amide bonds. The van der Waals surface area contributed by atoms with E-state index in [1.807, 2.05) is 24.1 Å². The highest BCUT2D eigenvalue weighted by atomic mass is 32.1. The number of rotatable bonds is 2. The monoisotopic (exact) mass is 397 g/mol. The van der Waals surface area contributed by atoms with Crippen LogP contribution < -0.4 is 4.90 Å². The second-order valence-electron chi connectivity index (χ2n) is 7.03. The van der Waals surface area contributed by atoms with Gasteiger partial charge in [0.2, 0.25) is 5.82 Å². The van der Waals surface area contributed by atoms with Crippen molar-refractivity contribution in [3.63, 3.8) is 0 Å². The number of anilines is 1. The van der Waals surface area contributed by atoms with E-state index in [0.29, 0.717) is 38.2 Å². The molecule has 0 unspecified atom stereocenters. The number of hydrogen-bond acceptors (Lipinski definition) is 8. The summed E-state index contributed by atoms with van der Waals surface area (Å²) in [5.41, 5.74) is 1.89. The standard InChI is InChI=1S/C19H19N5O3S/c1-13-3-6-17(24(25)26)18(20-13)23-9-7-19(8-10-23)11-15(22-27-19)4-5-16-12-28-14(2)21-16/h3,6,12H,7-11H2,1-2H3. The molecule has 2 aliphatic rings. The zero-order valence-electron chi connectivity index (χ0n) is 15.6. The first-order valence-corrected chi connectivity index (χ1v) is 9.88. The lowest BCUT2D eigenvalue weighted by Crippen LogP contribution is -2.45. The minimum Gasteiger partial charge on any atom is -0.388 e. The Hall–Kier alpha value is -2.99. The molecule has 4 rings (SSSR count). The topological polar surface area (TPSA) is 93.8 Å². The van der Waals surface area contributed by atoms with Crippen LogP contribution in [0.2, 0.25) is 0 Å². The first-order valence-electron chi connectivity index (χ1n) is 9.00. The summed E-state index contributed by atoms with van der Waals surface area (Å²) in [4.78, 5) is 27.4. The average Bonchev–Trinajstić information content (AvgIpc) is 3.27. The first kappa shape index (κ1) is 18.4. The number of piperidine rings is 1. The van der Waals surface area contributed by atoms with Gasteiger partial charge in [0.25, 0.3) is 0 Å². The molecule has 2 aromatic rings. The molecular formula is C19H19N5O3S. The third-order valence-corrected chi connectivity index (χ3v) is 5.73. The second kappa shape index (κ2) is 7.20. The zero-order chi connectivity index (χ0) is 19.7. The predicted molar refractivity (Wildman–Crippen MR) is 107 cm³/mol. The van der Waals surface area contributed by atoms with Gasteiger partial charge in [-0.3, -0.25) is 10.1 Å². The fourth-order valence-corrected chi connectivity index (χ4v) is 4.00. The summed E-state index contributed by atoms with van der Waals surface area (Å²) in [6.45, 7) is 5.03. The Morgan fingerprint density at radius 1 is 1.25 bits per heavy atom. The number of nitrogens with zero attached hydrogens (tertiary/aromatic N) is 5. The van der Waals surface area contributed by atoms with Crippen LogP contribution in [0.3, 0.4) is 0 Å². The van der Waals surface area contributed by atoms with E-state index in [0.717, 1.165) is 22.1 Å². The quantitative estimate of drug-likeness (QED) is 0.439.